The van der Waals surface area contributed by atoms with E-state index in [1.807, 2.05) is 10.7 Å². The summed E-state index contributed by atoms with van der Waals surface area (Å²) in [6.45, 7) is 7.12. The maximum atomic E-state index is 11.3. The number of carbonyl (C=O) groups excluding carboxylic acids is 1. The molecule has 0 unspecified atom stereocenters. The van der Waals surface area contributed by atoms with Gasteiger partial charge in [-0.25, -0.2) is 9.50 Å². The highest BCUT2D eigenvalue weighted by Gasteiger charge is 2.23. The van der Waals surface area contributed by atoms with Crippen molar-refractivity contribution in [3.05, 3.63) is 53.5 Å². The number of ether oxygens (including phenoxy) is 1. The van der Waals surface area contributed by atoms with Gasteiger partial charge in [-0.1, -0.05) is 19.9 Å². The van der Waals surface area contributed by atoms with Crippen LogP contribution in [-0.2, 0) is 16.1 Å². The molecule has 34 heavy (non-hydrogen) atoms. The number of aromatic nitrogens is 4. The molecule has 1 aliphatic rings. The van der Waals surface area contributed by atoms with Crippen LogP contribution >= 0.6 is 0 Å². The Bertz CT molecular complexity index is 1330. The van der Waals surface area contributed by atoms with Crippen LogP contribution in [0.15, 0.2) is 36.8 Å². The normalized spacial score (nSPS) is 15.6. The maximum Gasteiger partial charge on any atom is 0.231 e. The van der Waals surface area contributed by atoms with Crippen LogP contribution < -0.4 is 5.73 Å². The van der Waals surface area contributed by atoms with Crippen LogP contribution in [0.4, 0.5) is 0 Å². The van der Waals surface area contributed by atoms with E-state index in [1.54, 1.807) is 13.4 Å². The number of rotatable bonds is 7. The molecule has 4 heterocycles. The number of pyridine rings is 1. The van der Waals surface area contributed by atoms with Crippen LogP contribution in [0, 0.1) is 0 Å². The number of carbonyl (C=O) groups is 1. The molecule has 8 heteroatoms. The van der Waals surface area contributed by atoms with Crippen molar-refractivity contribution in [2.45, 2.75) is 45.1 Å². The first kappa shape index (κ1) is 22.6. The predicted octanol–water partition coefficient (Wildman–Crippen LogP) is 3.81. The van der Waals surface area contributed by atoms with Crippen molar-refractivity contribution >= 4 is 22.5 Å². The van der Waals surface area contributed by atoms with Crippen LogP contribution in [0.5, 0.6) is 0 Å². The van der Waals surface area contributed by atoms with Gasteiger partial charge < -0.3 is 15.5 Å². The lowest BCUT2D eigenvalue weighted by molar-refractivity contribution is -0.119. The fourth-order valence-corrected chi connectivity index (χ4v) is 5.35. The Balaban J connectivity index is 1.53. The molecule has 1 amide bonds. The summed E-state index contributed by atoms with van der Waals surface area (Å²) in [5.41, 5.74) is 13.2. The molecule has 1 aromatic carbocycles. The standard InChI is InChI=1S/C26H32N6O2/c1-16(2)24-21-11-18(17-6-8-31(9-7-17)13-23(27)33)4-5-22(21)30-25(24)19-10-20(14-34-3)26-28-15-29-32(26)12-19/h4-5,10-12,15-17,30H,6-9,13-14H2,1-3H3,(H2,27,33). The minimum Gasteiger partial charge on any atom is -0.380 e. The number of H-pyrrole nitrogens is 1. The predicted molar refractivity (Wildman–Crippen MR) is 133 cm³/mol. The van der Waals surface area contributed by atoms with E-state index in [0.717, 1.165) is 53.9 Å². The molecule has 0 aliphatic carbocycles. The SMILES string of the molecule is COCc1cc(-c2[nH]c3ccc(C4CCN(CC(N)=O)CC4)cc3c2C(C)C)cn2ncnc12. The number of amides is 1. The maximum absolute atomic E-state index is 11.3. The molecule has 1 aliphatic heterocycles. The van der Waals surface area contributed by atoms with Crippen molar-refractivity contribution in [2.75, 3.05) is 26.7 Å². The lowest BCUT2D eigenvalue weighted by Crippen LogP contribution is -2.39. The van der Waals surface area contributed by atoms with E-state index in [9.17, 15) is 4.79 Å². The minimum absolute atomic E-state index is 0.251. The largest absolute Gasteiger partial charge is 0.380 e. The first-order valence-corrected chi connectivity index (χ1v) is 11.9. The lowest BCUT2D eigenvalue weighted by atomic mass is 9.87. The molecule has 3 N–H and O–H groups in total. The van der Waals surface area contributed by atoms with Gasteiger partial charge in [-0.15, -0.1) is 0 Å². The summed E-state index contributed by atoms with van der Waals surface area (Å²) in [6.07, 6.45) is 5.69. The number of hydrogen-bond donors (Lipinski definition) is 2. The first-order valence-electron chi connectivity index (χ1n) is 11.9. The summed E-state index contributed by atoms with van der Waals surface area (Å²) in [5, 5.41) is 5.65. The number of aromatic amines is 1. The topological polar surface area (TPSA) is 102 Å². The third-order valence-electron chi connectivity index (χ3n) is 6.92. The van der Waals surface area contributed by atoms with Crippen molar-refractivity contribution in [3.8, 4) is 11.3 Å². The quantitative estimate of drug-likeness (QED) is 0.437. The molecule has 0 spiro atoms. The summed E-state index contributed by atoms with van der Waals surface area (Å²) in [5.74, 6) is 0.583. The molecule has 3 aromatic heterocycles. The van der Waals surface area contributed by atoms with Gasteiger partial charge in [0.25, 0.3) is 0 Å². The number of fused-ring (bicyclic) bond motifs is 2. The molecule has 4 aromatic rings. The molecule has 0 bridgehead atoms. The number of piperidine rings is 1. The highest BCUT2D eigenvalue weighted by molar-refractivity contribution is 5.92. The molecule has 0 radical (unpaired) electrons. The molecule has 0 atom stereocenters. The Morgan fingerprint density at radius 2 is 2.06 bits per heavy atom. The minimum atomic E-state index is -0.251. The first-order chi connectivity index (χ1) is 16.4. The Kier molecular flexibility index (Phi) is 6.10. The van der Waals surface area contributed by atoms with E-state index in [0.29, 0.717) is 25.0 Å². The fraction of sp³-hybridized carbons (Fsp3) is 0.423. The van der Waals surface area contributed by atoms with Gasteiger partial charge in [0.05, 0.1) is 18.8 Å². The summed E-state index contributed by atoms with van der Waals surface area (Å²) in [6, 6.07) is 8.97. The van der Waals surface area contributed by atoms with Gasteiger partial charge in [0, 0.05) is 35.3 Å². The van der Waals surface area contributed by atoms with E-state index in [4.69, 9.17) is 10.5 Å². The Morgan fingerprint density at radius 3 is 2.76 bits per heavy atom. The second kappa shape index (κ2) is 9.19. The number of methoxy groups -OCH3 is 1. The van der Waals surface area contributed by atoms with Crippen molar-refractivity contribution in [2.24, 2.45) is 5.73 Å². The van der Waals surface area contributed by atoms with E-state index >= 15 is 0 Å². The van der Waals surface area contributed by atoms with Crippen molar-refractivity contribution < 1.29 is 9.53 Å². The van der Waals surface area contributed by atoms with Gasteiger partial charge in [0.1, 0.15) is 6.33 Å². The number of nitrogens with two attached hydrogens (primary N) is 1. The second-order valence-electron chi connectivity index (χ2n) is 9.61. The summed E-state index contributed by atoms with van der Waals surface area (Å²) in [7, 11) is 1.70. The molecular weight excluding hydrogens is 428 g/mol. The molecule has 5 rings (SSSR count). The highest BCUT2D eigenvalue weighted by atomic mass is 16.5. The number of benzene rings is 1. The Hall–Kier alpha value is -3.23. The van der Waals surface area contributed by atoms with Crippen LogP contribution in [0.25, 0.3) is 27.8 Å². The number of likely N-dealkylation sites (tertiary alicyclic amines) is 1. The lowest BCUT2D eigenvalue weighted by Gasteiger charge is -2.31. The van der Waals surface area contributed by atoms with Gasteiger partial charge in [-0.2, -0.15) is 5.10 Å². The monoisotopic (exact) mass is 460 g/mol. The van der Waals surface area contributed by atoms with E-state index in [2.05, 4.69) is 58.1 Å². The number of nitrogens with one attached hydrogen (secondary N) is 1. The third-order valence-corrected chi connectivity index (χ3v) is 6.92. The van der Waals surface area contributed by atoms with Crippen LogP contribution in [0.1, 0.15) is 55.2 Å². The number of hydrogen-bond acceptors (Lipinski definition) is 5. The average molecular weight is 461 g/mol. The Morgan fingerprint density at radius 1 is 1.26 bits per heavy atom. The molecular formula is C26H32N6O2. The zero-order chi connectivity index (χ0) is 23.8. The van der Waals surface area contributed by atoms with Crippen LogP contribution in [-0.4, -0.2) is 57.1 Å². The van der Waals surface area contributed by atoms with Gasteiger partial charge in [-0.3, -0.25) is 9.69 Å². The summed E-state index contributed by atoms with van der Waals surface area (Å²) in [4.78, 5) is 21.5. The van der Waals surface area contributed by atoms with Crippen LogP contribution in [0.2, 0.25) is 0 Å². The van der Waals surface area contributed by atoms with E-state index < -0.39 is 0 Å². The third kappa shape index (κ3) is 4.19. The molecule has 0 saturated carbocycles. The number of nitrogens with zero attached hydrogens (tertiary/aromatic N) is 4. The van der Waals surface area contributed by atoms with Gasteiger partial charge >= 0.3 is 0 Å². The van der Waals surface area contributed by atoms with E-state index in [-0.39, 0.29) is 5.91 Å². The fourth-order valence-electron chi connectivity index (χ4n) is 5.35. The van der Waals surface area contributed by atoms with Crippen LogP contribution in [0.3, 0.4) is 0 Å². The Labute approximate surface area is 199 Å². The second-order valence-corrected chi connectivity index (χ2v) is 9.61. The van der Waals surface area contributed by atoms with Crippen molar-refractivity contribution in [1.29, 1.82) is 0 Å². The van der Waals surface area contributed by atoms with Gasteiger partial charge in [0.2, 0.25) is 5.91 Å². The zero-order valence-corrected chi connectivity index (χ0v) is 20.0. The molecule has 1 saturated heterocycles. The van der Waals surface area contributed by atoms with Gasteiger partial charge in [0.15, 0.2) is 5.65 Å². The molecule has 8 nitrogen and oxygen atoms in total. The van der Waals surface area contributed by atoms with Gasteiger partial charge in [-0.05, 0) is 67.1 Å². The smallest absolute Gasteiger partial charge is 0.231 e. The molecule has 178 valence electrons. The highest BCUT2D eigenvalue weighted by Crippen LogP contribution is 2.38. The summed E-state index contributed by atoms with van der Waals surface area (Å²) < 4.78 is 7.25. The van der Waals surface area contributed by atoms with E-state index in [1.165, 1.54) is 16.5 Å². The zero-order valence-electron chi connectivity index (χ0n) is 20.0. The molecule has 1 fully saturated rings. The number of primary amides is 1. The average Bonchev–Trinajstić information content (AvgIpc) is 3.43. The summed E-state index contributed by atoms with van der Waals surface area (Å²) >= 11 is 0. The van der Waals surface area contributed by atoms with Crippen molar-refractivity contribution in [1.82, 2.24) is 24.5 Å². The van der Waals surface area contributed by atoms with Crippen molar-refractivity contribution in [3.63, 3.8) is 0 Å².